The molecule has 1 aromatic carbocycles. The van der Waals surface area contributed by atoms with Gasteiger partial charge in [-0.05, 0) is 31.2 Å². The zero-order valence-electron chi connectivity index (χ0n) is 12.0. The number of hydrogen-bond donors (Lipinski definition) is 1. The van der Waals surface area contributed by atoms with E-state index >= 15 is 0 Å². The molecule has 0 saturated carbocycles. The Kier molecular flexibility index (Phi) is 5.86. The van der Waals surface area contributed by atoms with Crippen molar-refractivity contribution < 1.29 is 27.5 Å². The Balaban J connectivity index is 2.72. The number of anilines is 1. The lowest BCUT2D eigenvalue weighted by Gasteiger charge is -2.12. The first kappa shape index (κ1) is 17.1. The number of ketones is 1. The molecule has 0 fully saturated rings. The lowest BCUT2D eigenvalue weighted by molar-refractivity contribution is -0.150. The largest absolute Gasteiger partial charge is 0.453 e. The lowest BCUT2D eigenvalue weighted by atomic mass is 10.1. The molecule has 1 aromatic rings. The van der Waals surface area contributed by atoms with Crippen LogP contribution in [0.5, 0.6) is 0 Å². The second-order valence-electron chi connectivity index (χ2n) is 4.38. The fourth-order valence-electron chi connectivity index (χ4n) is 1.55. The predicted molar refractivity (Wildman–Crippen MR) is 76.7 cm³/mol. The molecule has 1 atom stereocenters. The number of esters is 1. The Bertz CT molecular complexity index is 608. The molecule has 1 rings (SSSR count). The van der Waals surface area contributed by atoms with Crippen molar-refractivity contribution in [2.75, 3.05) is 24.7 Å². The van der Waals surface area contributed by atoms with Gasteiger partial charge in [-0.2, -0.15) is 0 Å². The van der Waals surface area contributed by atoms with Crippen molar-refractivity contribution in [2.45, 2.75) is 13.0 Å². The van der Waals surface area contributed by atoms with Crippen molar-refractivity contribution in [2.24, 2.45) is 0 Å². The first-order chi connectivity index (χ1) is 9.73. The maximum Gasteiger partial charge on any atom is 0.332 e. The van der Waals surface area contributed by atoms with E-state index in [1.165, 1.54) is 38.3 Å². The summed E-state index contributed by atoms with van der Waals surface area (Å²) in [5, 5.41) is 0. The van der Waals surface area contributed by atoms with E-state index < -0.39 is 22.1 Å². The van der Waals surface area contributed by atoms with Crippen LogP contribution in [0.25, 0.3) is 0 Å². The van der Waals surface area contributed by atoms with Crippen LogP contribution in [0.4, 0.5) is 5.69 Å². The molecule has 0 aromatic heterocycles. The number of methoxy groups -OCH3 is 1. The molecule has 0 aliphatic rings. The molecule has 21 heavy (non-hydrogen) atoms. The van der Waals surface area contributed by atoms with Gasteiger partial charge < -0.3 is 9.47 Å². The van der Waals surface area contributed by atoms with Crippen molar-refractivity contribution in [1.82, 2.24) is 0 Å². The van der Waals surface area contributed by atoms with Crippen LogP contribution >= 0.6 is 0 Å². The topological polar surface area (TPSA) is 98.8 Å². The zero-order valence-corrected chi connectivity index (χ0v) is 12.8. The van der Waals surface area contributed by atoms with Crippen molar-refractivity contribution in [3.8, 4) is 0 Å². The zero-order chi connectivity index (χ0) is 16.0. The van der Waals surface area contributed by atoms with Gasteiger partial charge in [0.2, 0.25) is 15.8 Å². The van der Waals surface area contributed by atoms with E-state index in [1.807, 2.05) is 0 Å². The molecule has 1 N–H and O–H groups in total. The second-order valence-corrected chi connectivity index (χ2v) is 6.13. The smallest absolute Gasteiger partial charge is 0.332 e. The molecular weight excluding hydrogens is 298 g/mol. The average Bonchev–Trinajstić information content (AvgIpc) is 2.37. The minimum absolute atomic E-state index is 0.227. The number of ether oxygens (including phenoxy) is 2. The fraction of sp³-hybridized carbons (Fsp3) is 0.385. The summed E-state index contributed by atoms with van der Waals surface area (Å²) >= 11 is 0. The maximum atomic E-state index is 12.0. The molecule has 0 unspecified atom stereocenters. The van der Waals surface area contributed by atoms with Crippen LogP contribution in [-0.4, -0.2) is 46.2 Å². The Morgan fingerprint density at radius 3 is 2.29 bits per heavy atom. The molecule has 7 nitrogen and oxygen atoms in total. The standard InChI is InChI=1S/C13H17NO6S/c1-9(20-12(15)8-19-2)13(16)10-4-6-11(7-5-10)14-21(3,17)18/h4-7,9,14H,8H2,1-3H3/t9-/m0/s1. The van der Waals surface area contributed by atoms with E-state index in [0.29, 0.717) is 11.3 Å². The van der Waals surface area contributed by atoms with E-state index in [1.54, 1.807) is 0 Å². The first-order valence-electron chi connectivity index (χ1n) is 6.03. The van der Waals surface area contributed by atoms with Crippen LogP contribution in [0.2, 0.25) is 0 Å². The maximum absolute atomic E-state index is 12.0. The third kappa shape index (κ3) is 5.92. The molecule has 0 heterocycles. The molecule has 0 radical (unpaired) electrons. The van der Waals surface area contributed by atoms with Crippen LogP contribution in [0.15, 0.2) is 24.3 Å². The summed E-state index contributed by atoms with van der Waals surface area (Å²) in [6.07, 6.45) is 0.0880. The first-order valence-corrected chi connectivity index (χ1v) is 7.92. The summed E-state index contributed by atoms with van der Waals surface area (Å²) in [4.78, 5) is 23.2. The lowest BCUT2D eigenvalue weighted by Crippen LogP contribution is -2.26. The molecule has 0 amide bonds. The van der Waals surface area contributed by atoms with Gasteiger partial charge in [0.15, 0.2) is 6.10 Å². The van der Waals surface area contributed by atoms with Gasteiger partial charge in [-0.1, -0.05) is 0 Å². The Labute approximate surface area is 123 Å². The number of sulfonamides is 1. The number of Topliss-reactive ketones (excluding diaryl/α,β-unsaturated/α-hetero) is 1. The molecular formula is C13H17NO6S. The molecule has 8 heteroatoms. The van der Waals surface area contributed by atoms with Crippen LogP contribution in [0.3, 0.4) is 0 Å². The Hall–Kier alpha value is -1.93. The van der Waals surface area contributed by atoms with E-state index in [0.717, 1.165) is 6.26 Å². The van der Waals surface area contributed by atoms with Gasteiger partial charge in [-0.15, -0.1) is 0 Å². The van der Waals surface area contributed by atoms with Gasteiger partial charge in [-0.25, -0.2) is 13.2 Å². The van der Waals surface area contributed by atoms with Crippen molar-refractivity contribution in [3.63, 3.8) is 0 Å². The fourth-order valence-corrected chi connectivity index (χ4v) is 2.12. The van der Waals surface area contributed by atoms with Crippen LogP contribution in [-0.2, 0) is 24.3 Å². The van der Waals surface area contributed by atoms with E-state index in [9.17, 15) is 18.0 Å². The number of carbonyl (C=O) groups excluding carboxylic acids is 2. The highest BCUT2D eigenvalue weighted by Gasteiger charge is 2.19. The number of rotatable bonds is 7. The van der Waals surface area contributed by atoms with Crippen LogP contribution in [0.1, 0.15) is 17.3 Å². The molecule has 0 spiro atoms. The third-order valence-corrected chi connectivity index (χ3v) is 3.02. The highest BCUT2D eigenvalue weighted by molar-refractivity contribution is 7.92. The van der Waals surface area contributed by atoms with Crippen molar-refractivity contribution in [3.05, 3.63) is 29.8 Å². The van der Waals surface area contributed by atoms with E-state index in [2.05, 4.69) is 9.46 Å². The number of nitrogens with one attached hydrogen (secondary N) is 1. The SMILES string of the molecule is COCC(=O)O[C@@H](C)C(=O)c1ccc(NS(C)(=O)=O)cc1. The predicted octanol–water partition coefficient (Wildman–Crippen LogP) is 0.819. The van der Waals surface area contributed by atoms with Gasteiger partial charge >= 0.3 is 5.97 Å². The van der Waals surface area contributed by atoms with Crippen LogP contribution in [0, 0.1) is 0 Å². The molecule has 0 aliphatic heterocycles. The summed E-state index contributed by atoms with van der Waals surface area (Å²) in [6.45, 7) is 1.23. The number of benzene rings is 1. The minimum atomic E-state index is -3.37. The monoisotopic (exact) mass is 315 g/mol. The molecule has 116 valence electrons. The third-order valence-electron chi connectivity index (χ3n) is 2.41. The average molecular weight is 315 g/mol. The second kappa shape index (κ2) is 7.19. The molecule has 0 aliphatic carbocycles. The Morgan fingerprint density at radius 1 is 1.24 bits per heavy atom. The van der Waals surface area contributed by atoms with Gasteiger partial charge in [-0.3, -0.25) is 9.52 Å². The quantitative estimate of drug-likeness (QED) is 0.591. The van der Waals surface area contributed by atoms with E-state index in [4.69, 9.17) is 4.74 Å². The molecule has 0 bridgehead atoms. The van der Waals surface area contributed by atoms with E-state index in [-0.39, 0.29) is 12.4 Å². The van der Waals surface area contributed by atoms with Gasteiger partial charge in [0, 0.05) is 18.4 Å². The number of hydrogen-bond acceptors (Lipinski definition) is 6. The van der Waals surface area contributed by atoms with Gasteiger partial charge in [0.25, 0.3) is 0 Å². The van der Waals surface area contributed by atoms with Gasteiger partial charge in [0.05, 0.1) is 6.26 Å². The summed E-state index contributed by atoms with van der Waals surface area (Å²) in [7, 11) is -2.02. The van der Waals surface area contributed by atoms with Gasteiger partial charge in [0.1, 0.15) is 6.61 Å². The normalized spacial score (nSPS) is 12.5. The van der Waals surface area contributed by atoms with Crippen molar-refractivity contribution in [1.29, 1.82) is 0 Å². The Morgan fingerprint density at radius 2 is 1.81 bits per heavy atom. The van der Waals surface area contributed by atoms with Crippen molar-refractivity contribution >= 4 is 27.5 Å². The summed E-state index contributed by atoms with van der Waals surface area (Å²) < 4.78 is 33.9. The molecule has 0 saturated heterocycles. The van der Waals surface area contributed by atoms with Crippen LogP contribution < -0.4 is 4.72 Å². The summed E-state index contributed by atoms with van der Waals surface area (Å²) in [5.41, 5.74) is 0.657. The summed E-state index contributed by atoms with van der Waals surface area (Å²) in [6, 6.07) is 5.82. The highest BCUT2D eigenvalue weighted by Crippen LogP contribution is 2.13. The minimum Gasteiger partial charge on any atom is -0.453 e. The highest BCUT2D eigenvalue weighted by atomic mass is 32.2. The summed E-state index contributed by atoms with van der Waals surface area (Å²) in [5.74, 6) is -1.01. The number of carbonyl (C=O) groups is 2.